The van der Waals surface area contributed by atoms with Crippen molar-refractivity contribution < 1.29 is 9.59 Å². The van der Waals surface area contributed by atoms with Crippen molar-refractivity contribution in [1.82, 2.24) is 9.80 Å². The van der Waals surface area contributed by atoms with Crippen LogP contribution in [-0.2, 0) is 9.59 Å². The zero-order chi connectivity index (χ0) is 12.0. The molecule has 1 fully saturated rings. The van der Waals surface area contributed by atoms with Crippen molar-refractivity contribution in [3.8, 4) is 0 Å². The van der Waals surface area contributed by atoms with Crippen LogP contribution in [0.3, 0.4) is 0 Å². The molecule has 4 nitrogen and oxygen atoms in total. The van der Waals surface area contributed by atoms with Gasteiger partial charge in [0.15, 0.2) is 0 Å². The average Bonchev–Trinajstić information content (AvgIpc) is 2.28. The van der Waals surface area contributed by atoms with E-state index in [0.29, 0.717) is 26.2 Å². The Labute approximate surface area is 101 Å². The second-order valence-corrected chi connectivity index (χ2v) is 4.92. The Bertz CT molecular complexity index is 258. The van der Waals surface area contributed by atoms with E-state index in [-0.39, 0.29) is 11.8 Å². The third-order valence-corrected chi connectivity index (χ3v) is 3.36. The molecule has 2 amide bonds. The lowest BCUT2D eigenvalue weighted by Gasteiger charge is -2.33. The van der Waals surface area contributed by atoms with Gasteiger partial charge in [0.1, 0.15) is 0 Å². The van der Waals surface area contributed by atoms with Gasteiger partial charge in [-0.1, -0.05) is 6.92 Å². The van der Waals surface area contributed by atoms with Crippen LogP contribution in [0.2, 0.25) is 0 Å². The van der Waals surface area contributed by atoms with E-state index in [4.69, 9.17) is 0 Å². The predicted molar refractivity (Wildman–Crippen MR) is 66.5 cm³/mol. The lowest BCUT2D eigenvalue weighted by molar-refractivity contribution is -0.156. The van der Waals surface area contributed by atoms with E-state index >= 15 is 0 Å². The van der Waals surface area contributed by atoms with E-state index < -0.39 is 0 Å². The van der Waals surface area contributed by atoms with Gasteiger partial charge in [0.05, 0.1) is 0 Å². The number of hydrogen-bond donors (Lipinski definition) is 0. The molecule has 1 heterocycles. The minimum Gasteiger partial charge on any atom is -0.333 e. The highest BCUT2D eigenvalue weighted by Gasteiger charge is 2.31. The Kier molecular flexibility index (Phi) is 5.66. The molecule has 0 N–H and O–H groups in total. The summed E-state index contributed by atoms with van der Waals surface area (Å²) in [4.78, 5) is 26.8. The number of hydrogen-bond acceptors (Lipinski definition) is 3. The van der Waals surface area contributed by atoms with Gasteiger partial charge in [0.2, 0.25) is 0 Å². The highest BCUT2D eigenvalue weighted by Crippen LogP contribution is 2.07. The number of nitrogens with zero attached hydrogens (tertiary/aromatic N) is 2. The van der Waals surface area contributed by atoms with E-state index in [0.717, 1.165) is 18.6 Å². The van der Waals surface area contributed by atoms with Crippen molar-refractivity contribution in [2.24, 2.45) is 0 Å². The molecule has 0 unspecified atom stereocenters. The van der Waals surface area contributed by atoms with Crippen molar-refractivity contribution >= 4 is 23.6 Å². The summed E-state index contributed by atoms with van der Waals surface area (Å²) < 4.78 is 0. The zero-order valence-electron chi connectivity index (χ0n) is 10.1. The van der Waals surface area contributed by atoms with Gasteiger partial charge in [0.25, 0.3) is 0 Å². The first-order chi connectivity index (χ1) is 7.70. The van der Waals surface area contributed by atoms with Crippen molar-refractivity contribution in [3.63, 3.8) is 0 Å². The number of rotatable bonds is 6. The monoisotopic (exact) mass is 244 g/mol. The summed E-state index contributed by atoms with van der Waals surface area (Å²) >= 11 is 1.77. The van der Waals surface area contributed by atoms with Gasteiger partial charge in [-0.25, -0.2) is 0 Å². The summed E-state index contributed by atoms with van der Waals surface area (Å²) in [5.41, 5.74) is 0. The number of carbonyl (C=O) groups is 2. The fraction of sp³-hybridized carbons (Fsp3) is 0.818. The average molecular weight is 244 g/mol. The summed E-state index contributed by atoms with van der Waals surface area (Å²) in [5, 5.41) is 0. The maximum absolute atomic E-state index is 11.7. The highest BCUT2D eigenvalue weighted by atomic mass is 32.2. The molecule has 1 saturated heterocycles. The molecule has 0 radical (unpaired) electrons. The molecule has 5 heteroatoms. The second kappa shape index (κ2) is 6.78. The Morgan fingerprint density at radius 3 is 2.19 bits per heavy atom. The first-order valence-electron chi connectivity index (χ1n) is 5.77. The quantitative estimate of drug-likeness (QED) is 0.513. The lowest BCUT2D eigenvalue weighted by Crippen LogP contribution is -2.54. The topological polar surface area (TPSA) is 40.6 Å². The molecule has 1 aliphatic rings. The molecule has 0 spiro atoms. The fourth-order valence-electron chi connectivity index (χ4n) is 1.81. The van der Waals surface area contributed by atoms with Crippen molar-refractivity contribution in [1.29, 1.82) is 0 Å². The molecule has 1 rings (SSSR count). The molecule has 0 atom stereocenters. The van der Waals surface area contributed by atoms with Crippen molar-refractivity contribution in [2.45, 2.75) is 19.8 Å². The van der Waals surface area contributed by atoms with Gasteiger partial charge < -0.3 is 9.80 Å². The molecule has 0 saturated carbocycles. The minimum atomic E-state index is -0.322. The molecule has 0 aromatic rings. The van der Waals surface area contributed by atoms with Crippen molar-refractivity contribution in [2.75, 3.05) is 38.2 Å². The Morgan fingerprint density at radius 1 is 1.12 bits per heavy atom. The Balaban J connectivity index is 2.42. The highest BCUT2D eigenvalue weighted by molar-refractivity contribution is 7.98. The van der Waals surface area contributed by atoms with Crippen LogP contribution < -0.4 is 0 Å². The van der Waals surface area contributed by atoms with Crippen LogP contribution in [0, 0.1) is 0 Å². The van der Waals surface area contributed by atoms with Crippen molar-refractivity contribution in [3.05, 3.63) is 0 Å². The maximum atomic E-state index is 11.7. The normalized spacial score (nSPS) is 17.1. The summed E-state index contributed by atoms with van der Waals surface area (Å²) in [6.45, 7) is 4.81. The Morgan fingerprint density at radius 2 is 1.69 bits per heavy atom. The first kappa shape index (κ1) is 13.4. The molecule has 1 aliphatic heterocycles. The number of piperazine rings is 1. The summed E-state index contributed by atoms with van der Waals surface area (Å²) in [6.07, 6.45) is 3.92. The number of amides is 2. The molecule has 0 bridgehead atoms. The number of carbonyl (C=O) groups excluding carboxylic acids is 2. The Hall–Kier alpha value is -0.710. The molecule has 0 aliphatic carbocycles. The number of thioether (sulfide) groups is 1. The predicted octanol–water partition coefficient (Wildman–Crippen LogP) is 0.820. The van der Waals surface area contributed by atoms with Crippen LogP contribution in [0.25, 0.3) is 0 Å². The lowest BCUT2D eigenvalue weighted by atomic mass is 10.2. The van der Waals surface area contributed by atoms with E-state index in [1.165, 1.54) is 0 Å². The summed E-state index contributed by atoms with van der Waals surface area (Å²) in [5.74, 6) is 0.398. The van der Waals surface area contributed by atoms with E-state index in [1.807, 2.05) is 13.2 Å². The van der Waals surface area contributed by atoms with E-state index in [9.17, 15) is 9.59 Å². The smallest absolute Gasteiger partial charge is 0.312 e. The van der Waals surface area contributed by atoms with Gasteiger partial charge in [-0.3, -0.25) is 9.59 Å². The molecule has 0 aromatic heterocycles. The third-order valence-electron chi connectivity index (χ3n) is 2.67. The van der Waals surface area contributed by atoms with Gasteiger partial charge in [0, 0.05) is 26.2 Å². The van der Waals surface area contributed by atoms with Gasteiger partial charge in [-0.05, 0) is 24.9 Å². The van der Waals surface area contributed by atoms with Crippen LogP contribution >= 0.6 is 11.8 Å². The first-order valence-corrected chi connectivity index (χ1v) is 7.17. The van der Waals surface area contributed by atoms with Crippen LogP contribution in [-0.4, -0.2) is 59.8 Å². The van der Waals surface area contributed by atoms with Crippen LogP contribution in [0.5, 0.6) is 0 Å². The maximum Gasteiger partial charge on any atom is 0.312 e. The van der Waals surface area contributed by atoms with E-state index in [1.54, 1.807) is 21.6 Å². The van der Waals surface area contributed by atoms with Crippen LogP contribution in [0.4, 0.5) is 0 Å². The molecule has 92 valence electrons. The summed E-state index contributed by atoms with van der Waals surface area (Å²) in [7, 11) is 0. The van der Waals surface area contributed by atoms with Gasteiger partial charge in [-0.15, -0.1) is 0 Å². The summed E-state index contributed by atoms with van der Waals surface area (Å²) in [6, 6.07) is 0. The third kappa shape index (κ3) is 3.40. The van der Waals surface area contributed by atoms with Gasteiger partial charge in [-0.2, -0.15) is 11.8 Å². The molecule has 16 heavy (non-hydrogen) atoms. The largest absolute Gasteiger partial charge is 0.333 e. The van der Waals surface area contributed by atoms with Crippen LogP contribution in [0.15, 0.2) is 0 Å². The molecular weight excluding hydrogens is 224 g/mol. The fourth-order valence-corrected chi connectivity index (χ4v) is 2.23. The van der Waals surface area contributed by atoms with Crippen LogP contribution in [0.1, 0.15) is 19.8 Å². The molecular formula is C11H20N2O2S. The molecule has 0 aromatic carbocycles. The van der Waals surface area contributed by atoms with Gasteiger partial charge >= 0.3 is 11.8 Å². The standard InChI is InChI=1S/C11H20N2O2S/c1-3-5-12-7-8-13(6-4-9-16-2)11(15)10(12)14/h3-9H2,1-2H3. The van der Waals surface area contributed by atoms with E-state index in [2.05, 4.69) is 0 Å². The second-order valence-electron chi connectivity index (χ2n) is 3.93. The zero-order valence-corrected chi connectivity index (χ0v) is 10.9. The minimum absolute atomic E-state index is 0.319. The SMILES string of the molecule is CCCN1CCN(CCCSC)C(=O)C1=O.